The van der Waals surface area contributed by atoms with Crippen molar-refractivity contribution < 1.29 is 9.59 Å². The molecule has 0 radical (unpaired) electrons. The maximum absolute atomic E-state index is 11.7. The van der Waals surface area contributed by atoms with Crippen molar-refractivity contribution in [1.29, 1.82) is 0 Å². The van der Waals surface area contributed by atoms with Crippen LogP contribution in [-0.2, 0) is 9.59 Å². The Bertz CT molecular complexity index is 251. The maximum Gasteiger partial charge on any atom is 0.139 e. The van der Waals surface area contributed by atoms with Gasteiger partial charge >= 0.3 is 0 Å². The van der Waals surface area contributed by atoms with E-state index < -0.39 is 0 Å². The molecule has 0 spiro atoms. The molecule has 1 aliphatic rings. The number of rotatable bonds is 3. The van der Waals surface area contributed by atoms with Gasteiger partial charge in [0.2, 0.25) is 0 Å². The molecular formula is C11H18O2. The van der Waals surface area contributed by atoms with Gasteiger partial charge in [-0.15, -0.1) is 0 Å². The van der Waals surface area contributed by atoms with E-state index in [1.807, 2.05) is 27.7 Å². The Hall–Kier alpha value is -0.660. The minimum Gasteiger partial charge on any atom is -0.300 e. The number of hydrogen-bond donors (Lipinski definition) is 0. The third-order valence-electron chi connectivity index (χ3n) is 3.14. The minimum absolute atomic E-state index is 0.0231. The molecule has 2 nitrogen and oxygen atoms in total. The number of ketones is 2. The SMILES string of the molecule is CC(=O)C1C(C(=O)C(C)C)C1(C)C. The zero-order valence-electron chi connectivity index (χ0n) is 9.05. The average molecular weight is 182 g/mol. The van der Waals surface area contributed by atoms with E-state index in [9.17, 15) is 9.59 Å². The summed E-state index contributed by atoms with van der Waals surface area (Å²) in [5.74, 6) is 0.398. The summed E-state index contributed by atoms with van der Waals surface area (Å²) in [6.07, 6.45) is 0. The third kappa shape index (κ3) is 1.54. The molecule has 0 aromatic heterocycles. The van der Waals surface area contributed by atoms with Gasteiger partial charge < -0.3 is 0 Å². The molecule has 13 heavy (non-hydrogen) atoms. The molecule has 0 heterocycles. The zero-order chi connectivity index (χ0) is 10.4. The Morgan fingerprint density at radius 3 is 1.85 bits per heavy atom. The van der Waals surface area contributed by atoms with Crippen LogP contribution in [0.4, 0.5) is 0 Å². The summed E-state index contributed by atoms with van der Waals surface area (Å²) < 4.78 is 0. The molecule has 2 unspecified atom stereocenters. The van der Waals surface area contributed by atoms with E-state index in [2.05, 4.69) is 0 Å². The van der Waals surface area contributed by atoms with Crippen LogP contribution in [0.5, 0.6) is 0 Å². The fourth-order valence-electron chi connectivity index (χ4n) is 2.29. The molecule has 0 aromatic rings. The van der Waals surface area contributed by atoms with Crippen molar-refractivity contribution in [2.24, 2.45) is 23.2 Å². The van der Waals surface area contributed by atoms with Gasteiger partial charge in [-0.3, -0.25) is 9.59 Å². The van der Waals surface area contributed by atoms with Gasteiger partial charge in [-0.25, -0.2) is 0 Å². The first-order valence-electron chi connectivity index (χ1n) is 4.84. The predicted molar refractivity (Wildman–Crippen MR) is 51.3 cm³/mol. The second-order valence-corrected chi connectivity index (χ2v) is 4.94. The van der Waals surface area contributed by atoms with Crippen molar-refractivity contribution in [3.8, 4) is 0 Å². The smallest absolute Gasteiger partial charge is 0.139 e. The van der Waals surface area contributed by atoms with Crippen LogP contribution in [0.15, 0.2) is 0 Å². The van der Waals surface area contributed by atoms with Gasteiger partial charge in [0.1, 0.15) is 11.6 Å². The van der Waals surface area contributed by atoms with Gasteiger partial charge in [0, 0.05) is 17.8 Å². The molecule has 1 fully saturated rings. The minimum atomic E-state index is -0.0901. The number of carbonyl (C=O) groups is 2. The first-order valence-corrected chi connectivity index (χ1v) is 4.84. The maximum atomic E-state index is 11.7. The van der Waals surface area contributed by atoms with Crippen molar-refractivity contribution in [3.63, 3.8) is 0 Å². The third-order valence-corrected chi connectivity index (χ3v) is 3.14. The molecule has 0 bridgehead atoms. The summed E-state index contributed by atoms with van der Waals surface area (Å²) >= 11 is 0. The summed E-state index contributed by atoms with van der Waals surface area (Å²) in [7, 11) is 0. The molecular weight excluding hydrogens is 164 g/mol. The van der Waals surface area contributed by atoms with Crippen LogP contribution in [0.3, 0.4) is 0 Å². The van der Waals surface area contributed by atoms with Crippen molar-refractivity contribution in [1.82, 2.24) is 0 Å². The van der Waals surface area contributed by atoms with Gasteiger partial charge in [0.05, 0.1) is 0 Å². The molecule has 0 N–H and O–H groups in total. The van der Waals surface area contributed by atoms with E-state index in [1.54, 1.807) is 6.92 Å². The van der Waals surface area contributed by atoms with Crippen LogP contribution in [0, 0.1) is 23.2 Å². The second-order valence-electron chi connectivity index (χ2n) is 4.94. The van der Waals surface area contributed by atoms with Gasteiger partial charge in [-0.2, -0.15) is 0 Å². The lowest BCUT2D eigenvalue weighted by Crippen LogP contribution is -2.13. The molecule has 0 aliphatic heterocycles. The summed E-state index contributed by atoms with van der Waals surface area (Å²) in [6.45, 7) is 9.38. The summed E-state index contributed by atoms with van der Waals surface area (Å²) in [5, 5.41) is 0. The van der Waals surface area contributed by atoms with Crippen LogP contribution in [-0.4, -0.2) is 11.6 Å². The number of carbonyl (C=O) groups excluding carboxylic acids is 2. The standard InChI is InChI=1S/C11H18O2/c1-6(2)10(13)9-8(7(3)12)11(9,4)5/h6,8-9H,1-5H3. The van der Waals surface area contributed by atoms with E-state index in [4.69, 9.17) is 0 Å². The summed E-state index contributed by atoms with van der Waals surface area (Å²) in [6, 6.07) is 0. The lowest BCUT2D eigenvalue weighted by Gasteiger charge is -2.04. The van der Waals surface area contributed by atoms with Gasteiger partial charge in [-0.1, -0.05) is 27.7 Å². The normalized spacial score (nSPS) is 30.3. The molecule has 2 heteroatoms. The topological polar surface area (TPSA) is 34.1 Å². The molecule has 74 valence electrons. The molecule has 1 rings (SSSR count). The van der Waals surface area contributed by atoms with Crippen molar-refractivity contribution in [2.45, 2.75) is 34.6 Å². The van der Waals surface area contributed by atoms with Crippen LogP contribution >= 0.6 is 0 Å². The van der Waals surface area contributed by atoms with E-state index in [1.165, 1.54) is 0 Å². The molecule has 2 atom stereocenters. The Kier molecular flexibility index (Phi) is 2.35. The Labute approximate surface area is 79.7 Å². The monoisotopic (exact) mass is 182 g/mol. The predicted octanol–water partition coefficient (Wildman–Crippen LogP) is 2.07. The fourth-order valence-corrected chi connectivity index (χ4v) is 2.29. The lowest BCUT2D eigenvalue weighted by atomic mass is 9.99. The Morgan fingerprint density at radius 1 is 1.15 bits per heavy atom. The first-order chi connectivity index (χ1) is 5.80. The first kappa shape index (κ1) is 10.4. The largest absolute Gasteiger partial charge is 0.300 e. The van der Waals surface area contributed by atoms with Gasteiger partial charge in [0.25, 0.3) is 0 Å². The highest BCUT2D eigenvalue weighted by Gasteiger charge is 2.63. The van der Waals surface area contributed by atoms with E-state index >= 15 is 0 Å². The molecule has 0 saturated heterocycles. The van der Waals surface area contributed by atoms with Crippen molar-refractivity contribution in [3.05, 3.63) is 0 Å². The molecule has 0 amide bonds. The van der Waals surface area contributed by atoms with Crippen LogP contribution in [0.1, 0.15) is 34.6 Å². The van der Waals surface area contributed by atoms with Crippen LogP contribution < -0.4 is 0 Å². The van der Waals surface area contributed by atoms with Gasteiger partial charge in [-0.05, 0) is 12.3 Å². The molecule has 1 aliphatic carbocycles. The number of hydrogen-bond acceptors (Lipinski definition) is 2. The molecule has 0 aromatic carbocycles. The average Bonchev–Trinajstić information content (AvgIpc) is 2.51. The lowest BCUT2D eigenvalue weighted by molar-refractivity contribution is -0.126. The molecule has 1 saturated carbocycles. The quantitative estimate of drug-likeness (QED) is 0.669. The summed E-state index contributed by atoms with van der Waals surface area (Å²) in [5.41, 5.74) is -0.0901. The van der Waals surface area contributed by atoms with E-state index in [0.29, 0.717) is 0 Å². The summed E-state index contributed by atoms with van der Waals surface area (Å²) in [4.78, 5) is 22.9. The van der Waals surface area contributed by atoms with E-state index in [-0.39, 0.29) is 34.7 Å². The number of Topliss-reactive ketones (excluding diaryl/α,β-unsaturated/α-hetero) is 2. The second kappa shape index (κ2) is 2.93. The van der Waals surface area contributed by atoms with Crippen LogP contribution in [0.2, 0.25) is 0 Å². The van der Waals surface area contributed by atoms with E-state index in [0.717, 1.165) is 0 Å². The van der Waals surface area contributed by atoms with Gasteiger partial charge in [0.15, 0.2) is 0 Å². The Balaban J connectivity index is 2.76. The zero-order valence-corrected chi connectivity index (χ0v) is 9.05. The van der Waals surface area contributed by atoms with Crippen molar-refractivity contribution in [2.75, 3.05) is 0 Å². The fraction of sp³-hybridized carbons (Fsp3) is 0.818. The highest BCUT2D eigenvalue weighted by molar-refractivity contribution is 5.96. The highest BCUT2D eigenvalue weighted by Crippen LogP contribution is 2.59. The van der Waals surface area contributed by atoms with Crippen LogP contribution in [0.25, 0.3) is 0 Å². The highest BCUT2D eigenvalue weighted by atomic mass is 16.1. The Morgan fingerprint density at radius 2 is 1.62 bits per heavy atom. The van der Waals surface area contributed by atoms with Crippen molar-refractivity contribution >= 4 is 11.6 Å².